The smallest absolute Gasteiger partial charge is 0.135 e. The Hall–Kier alpha value is -0.240. The van der Waals surface area contributed by atoms with E-state index >= 15 is 0 Å². The van der Waals surface area contributed by atoms with Crippen LogP contribution in [-0.4, -0.2) is 54.5 Å². The van der Waals surface area contributed by atoms with Crippen LogP contribution in [0.3, 0.4) is 0 Å². The number of aliphatic hydroxyl groups is 2. The van der Waals surface area contributed by atoms with Crippen molar-refractivity contribution in [2.24, 2.45) is 11.5 Å². The van der Waals surface area contributed by atoms with E-state index in [-0.39, 0.29) is 6.61 Å². The van der Waals surface area contributed by atoms with E-state index in [9.17, 15) is 5.11 Å². The molecule has 6 heteroatoms. The fraction of sp³-hybridized carbons (Fsp3) is 1.00. The summed E-state index contributed by atoms with van der Waals surface area (Å²) in [6.45, 7) is 0.411. The molecule has 6 N–H and O–H groups in total. The van der Waals surface area contributed by atoms with E-state index < -0.39 is 24.5 Å². The van der Waals surface area contributed by atoms with Gasteiger partial charge in [-0.05, 0) is 0 Å². The topological polar surface area (TPSA) is 111 Å². The van der Waals surface area contributed by atoms with Crippen molar-refractivity contribution >= 4 is 0 Å². The largest absolute Gasteiger partial charge is 0.394 e. The van der Waals surface area contributed by atoms with Gasteiger partial charge in [0, 0.05) is 6.54 Å². The highest BCUT2D eigenvalue weighted by Gasteiger charge is 2.42. The molecule has 0 aromatic heterocycles. The predicted molar refractivity (Wildman–Crippen MR) is 44.7 cm³/mol. The lowest BCUT2D eigenvalue weighted by Crippen LogP contribution is -2.40. The molecule has 1 aliphatic heterocycles. The maximum atomic E-state index is 9.51. The van der Waals surface area contributed by atoms with Crippen molar-refractivity contribution < 1.29 is 19.7 Å². The highest BCUT2D eigenvalue weighted by Crippen LogP contribution is 2.20. The first-order valence-corrected chi connectivity index (χ1v) is 4.22. The summed E-state index contributed by atoms with van der Waals surface area (Å²) in [6.07, 6.45) is -2.83. The molecule has 1 heterocycles. The normalized spacial score (nSPS) is 39.7. The van der Waals surface area contributed by atoms with Crippen LogP contribution >= 0.6 is 0 Å². The highest BCUT2D eigenvalue weighted by atomic mass is 16.6. The van der Waals surface area contributed by atoms with Crippen LogP contribution in [0, 0.1) is 0 Å². The van der Waals surface area contributed by atoms with E-state index in [2.05, 4.69) is 0 Å². The molecule has 1 fully saturated rings. The summed E-state index contributed by atoms with van der Waals surface area (Å²) in [7, 11) is 0. The Bertz CT molecular complexity index is 157. The molecular weight excluding hydrogens is 176 g/mol. The van der Waals surface area contributed by atoms with Gasteiger partial charge in [0.1, 0.15) is 24.5 Å². The summed E-state index contributed by atoms with van der Waals surface area (Å²) in [5.74, 6) is 0. The maximum Gasteiger partial charge on any atom is 0.135 e. The minimum atomic E-state index is -0.883. The molecule has 1 rings (SSSR count). The van der Waals surface area contributed by atoms with Crippen molar-refractivity contribution in [2.75, 3.05) is 19.8 Å². The lowest BCUT2D eigenvalue weighted by molar-refractivity contribution is -0.0321. The van der Waals surface area contributed by atoms with Crippen molar-refractivity contribution in [1.82, 2.24) is 0 Å². The zero-order valence-electron chi connectivity index (χ0n) is 7.30. The maximum absolute atomic E-state index is 9.51. The van der Waals surface area contributed by atoms with Crippen molar-refractivity contribution in [2.45, 2.75) is 24.5 Å². The van der Waals surface area contributed by atoms with E-state index in [4.69, 9.17) is 26.0 Å². The van der Waals surface area contributed by atoms with Crippen LogP contribution in [-0.2, 0) is 9.47 Å². The van der Waals surface area contributed by atoms with Crippen molar-refractivity contribution in [3.8, 4) is 0 Å². The molecule has 4 atom stereocenters. The number of nitrogens with two attached hydrogens (primary N) is 2. The van der Waals surface area contributed by atoms with Gasteiger partial charge < -0.3 is 31.2 Å². The van der Waals surface area contributed by atoms with Gasteiger partial charge >= 0.3 is 0 Å². The van der Waals surface area contributed by atoms with Gasteiger partial charge in [0.15, 0.2) is 0 Å². The second kappa shape index (κ2) is 4.85. The molecule has 1 aliphatic rings. The van der Waals surface area contributed by atoms with Crippen LogP contribution < -0.4 is 11.5 Å². The van der Waals surface area contributed by atoms with Gasteiger partial charge in [0.05, 0.1) is 13.2 Å². The molecular formula is C7H16N2O4. The molecule has 2 unspecified atom stereocenters. The summed E-state index contributed by atoms with van der Waals surface area (Å²) in [5.41, 5.74) is 10.7. The highest BCUT2D eigenvalue weighted by molar-refractivity contribution is 4.88. The molecule has 1 saturated heterocycles. The molecule has 78 valence electrons. The van der Waals surface area contributed by atoms with Gasteiger partial charge in [-0.3, -0.25) is 0 Å². The molecule has 0 aliphatic carbocycles. The molecule has 0 bridgehead atoms. The Morgan fingerprint density at radius 3 is 2.62 bits per heavy atom. The molecule has 0 aromatic carbocycles. The predicted octanol–water partition coefficient (Wildman–Crippen LogP) is -2.63. The second-order valence-electron chi connectivity index (χ2n) is 2.94. The first-order valence-electron chi connectivity index (χ1n) is 4.22. The number of rotatable bonds is 4. The number of aliphatic hydroxyl groups excluding tert-OH is 2. The van der Waals surface area contributed by atoms with Gasteiger partial charge in [0.25, 0.3) is 0 Å². The number of hydrogen-bond acceptors (Lipinski definition) is 6. The van der Waals surface area contributed by atoms with Crippen molar-refractivity contribution in [3.63, 3.8) is 0 Å². The number of ether oxygens (including phenoxy) is 2. The first kappa shape index (κ1) is 10.8. The first-order chi connectivity index (χ1) is 6.20. The standard InChI is InChI=1S/C7H16N2O4/c8-1-2-12-6-5(11)4(3-10)13-7(6)9/h4-7,10-11H,1-3,8-9H2/t4-,5?,6?,7-/m1/s1. The average molecular weight is 192 g/mol. The van der Waals surface area contributed by atoms with Crippen LogP contribution in [0.5, 0.6) is 0 Å². The van der Waals surface area contributed by atoms with E-state index in [1.807, 2.05) is 0 Å². The lowest BCUT2D eigenvalue weighted by Gasteiger charge is -2.17. The average Bonchev–Trinajstić information content (AvgIpc) is 2.39. The van der Waals surface area contributed by atoms with E-state index in [0.717, 1.165) is 0 Å². The Morgan fingerprint density at radius 2 is 2.15 bits per heavy atom. The molecule has 0 amide bonds. The van der Waals surface area contributed by atoms with E-state index in [1.54, 1.807) is 0 Å². The van der Waals surface area contributed by atoms with Crippen LogP contribution in [0.15, 0.2) is 0 Å². The Balaban J connectivity index is 2.44. The fourth-order valence-corrected chi connectivity index (χ4v) is 1.31. The van der Waals surface area contributed by atoms with Crippen LogP contribution in [0.4, 0.5) is 0 Å². The fourth-order valence-electron chi connectivity index (χ4n) is 1.31. The summed E-state index contributed by atoms with van der Waals surface area (Å²) >= 11 is 0. The lowest BCUT2D eigenvalue weighted by atomic mass is 10.1. The molecule has 13 heavy (non-hydrogen) atoms. The van der Waals surface area contributed by atoms with Gasteiger partial charge in [-0.1, -0.05) is 0 Å². The number of hydrogen-bond donors (Lipinski definition) is 4. The third-order valence-electron chi connectivity index (χ3n) is 1.98. The van der Waals surface area contributed by atoms with Crippen LogP contribution in [0.1, 0.15) is 0 Å². The van der Waals surface area contributed by atoms with E-state index in [1.165, 1.54) is 0 Å². The molecule has 0 radical (unpaired) electrons. The molecule has 0 spiro atoms. The minimum absolute atomic E-state index is 0.267. The van der Waals surface area contributed by atoms with Crippen LogP contribution in [0.25, 0.3) is 0 Å². The molecule has 6 nitrogen and oxygen atoms in total. The summed E-state index contributed by atoms with van der Waals surface area (Å²) in [5, 5.41) is 18.3. The van der Waals surface area contributed by atoms with Crippen molar-refractivity contribution in [1.29, 1.82) is 0 Å². The van der Waals surface area contributed by atoms with Crippen molar-refractivity contribution in [3.05, 3.63) is 0 Å². The van der Waals surface area contributed by atoms with Gasteiger partial charge in [-0.25, -0.2) is 0 Å². The second-order valence-corrected chi connectivity index (χ2v) is 2.94. The van der Waals surface area contributed by atoms with Crippen LogP contribution in [0.2, 0.25) is 0 Å². The Kier molecular flexibility index (Phi) is 4.04. The third-order valence-corrected chi connectivity index (χ3v) is 1.98. The SMILES string of the molecule is NCCOC1C(O)[C@@H](CO)O[C@H]1N. The monoisotopic (exact) mass is 192 g/mol. The minimum Gasteiger partial charge on any atom is -0.394 e. The van der Waals surface area contributed by atoms with Gasteiger partial charge in [0.2, 0.25) is 0 Å². The van der Waals surface area contributed by atoms with E-state index in [0.29, 0.717) is 13.2 Å². The molecule has 0 aromatic rings. The van der Waals surface area contributed by atoms with Gasteiger partial charge in [-0.2, -0.15) is 0 Å². The Morgan fingerprint density at radius 1 is 1.46 bits per heavy atom. The third kappa shape index (κ3) is 2.37. The quantitative estimate of drug-likeness (QED) is 0.387. The van der Waals surface area contributed by atoms with Gasteiger partial charge in [-0.15, -0.1) is 0 Å². The zero-order chi connectivity index (χ0) is 9.84. The summed E-state index contributed by atoms with van der Waals surface area (Å²) < 4.78 is 10.2. The molecule has 0 saturated carbocycles. The zero-order valence-corrected chi connectivity index (χ0v) is 7.30. The summed E-state index contributed by atoms with van der Waals surface area (Å²) in [6, 6.07) is 0. The Labute approximate surface area is 76.4 Å². The summed E-state index contributed by atoms with van der Waals surface area (Å²) in [4.78, 5) is 0.